The normalized spacial score (nSPS) is 22.0. The van der Waals surface area contributed by atoms with E-state index >= 15 is 0 Å². The van der Waals surface area contributed by atoms with Crippen LogP contribution in [0.1, 0.15) is 18.4 Å². The summed E-state index contributed by atoms with van der Waals surface area (Å²) in [5.41, 5.74) is 4.45. The Kier molecular flexibility index (Phi) is 3.98. The van der Waals surface area contributed by atoms with Crippen LogP contribution in [0, 0.1) is 11.8 Å². The van der Waals surface area contributed by atoms with Crippen molar-refractivity contribution < 1.29 is 9.90 Å². The Hall–Kier alpha value is -2.33. The zero-order valence-electron chi connectivity index (χ0n) is 13.6. The van der Waals surface area contributed by atoms with Crippen LogP contribution in [-0.4, -0.2) is 24.2 Å². The summed E-state index contributed by atoms with van der Waals surface area (Å²) in [7, 11) is 0. The Bertz CT molecular complexity index is 757. The Morgan fingerprint density at radius 2 is 1.83 bits per heavy atom. The summed E-state index contributed by atoms with van der Waals surface area (Å²) in [6.07, 6.45) is 2.83. The molecule has 1 amide bonds. The number of para-hydroxylation sites is 3. The van der Waals surface area contributed by atoms with Gasteiger partial charge in [-0.3, -0.25) is 4.79 Å². The number of benzene rings is 2. The van der Waals surface area contributed by atoms with E-state index in [-0.39, 0.29) is 24.3 Å². The number of aliphatic hydroxyl groups excluding tert-OH is 1. The molecule has 2 aromatic carbocycles. The lowest BCUT2D eigenvalue weighted by Gasteiger charge is -2.34. The molecule has 4 nitrogen and oxygen atoms in total. The van der Waals surface area contributed by atoms with Crippen LogP contribution in [0.5, 0.6) is 0 Å². The second-order valence-corrected chi connectivity index (χ2v) is 6.66. The summed E-state index contributed by atoms with van der Waals surface area (Å²) in [6, 6.07) is 16.4. The SMILES string of the molecule is O=C(Nc1ccccc1N1CCc2ccccc21)[C@@H]1CC[C@@H]1CO. The molecule has 4 heteroatoms. The average molecular weight is 322 g/mol. The van der Waals surface area contributed by atoms with Crippen LogP contribution in [-0.2, 0) is 11.2 Å². The van der Waals surface area contributed by atoms with Crippen molar-refractivity contribution in [2.45, 2.75) is 19.3 Å². The fourth-order valence-corrected chi connectivity index (χ4v) is 3.76. The first-order valence-electron chi connectivity index (χ1n) is 8.64. The van der Waals surface area contributed by atoms with E-state index in [1.165, 1.54) is 11.3 Å². The summed E-state index contributed by atoms with van der Waals surface area (Å²) < 4.78 is 0. The Labute approximate surface area is 142 Å². The molecule has 4 rings (SSSR count). The van der Waals surface area contributed by atoms with Gasteiger partial charge in [-0.05, 0) is 48.9 Å². The molecule has 1 saturated carbocycles. The van der Waals surface area contributed by atoms with Crippen LogP contribution in [0.4, 0.5) is 17.1 Å². The van der Waals surface area contributed by atoms with Gasteiger partial charge in [-0.25, -0.2) is 0 Å². The van der Waals surface area contributed by atoms with Gasteiger partial charge in [0.05, 0.1) is 11.4 Å². The number of anilines is 3. The summed E-state index contributed by atoms with van der Waals surface area (Å²) >= 11 is 0. The molecule has 2 atom stereocenters. The molecule has 1 heterocycles. The van der Waals surface area contributed by atoms with Gasteiger partial charge in [-0.1, -0.05) is 30.3 Å². The van der Waals surface area contributed by atoms with Crippen molar-refractivity contribution >= 4 is 23.0 Å². The zero-order chi connectivity index (χ0) is 16.5. The number of hydrogen-bond acceptors (Lipinski definition) is 3. The first kappa shape index (κ1) is 15.2. The lowest BCUT2D eigenvalue weighted by molar-refractivity contribution is -0.125. The number of nitrogens with zero attached hydrogens (tertiary/aromatic N) is 1. The molecular formula is C20H22N2O2. The van der Waals surface area contributed by atoms with Gasteiger partial charge in [0.25, 0.3) is 0 Å². The predicted molar refractivity (Wildman–Crippen MR) is 95.5 cm³/mol. The number of nitrogens with one attached hydrogen (secondary N) is 1. The van der Waals surface area contributed by atoms with Gasteiger partial charge >= 0.3 is 0 Å². The standard InChI is InChI=1S/C20H22N2O2/c23-13-15-9-10-16(15)20(24)21-17-6-2-4-8-19(17)22-12-11-14-5-1-3-7-18(14)22/h1-8,15-16,23H,9-13H2,(H,21,24)/t15-,16-/m1/s1. The maximum absolute atomic E-state index is 12.5. The minimum Gasteiger partial charge on any atom is -0.396 e. The van der Waals surface area contributed by atoms with Gasteiger partial charge in [0.15, 0.2) is 0 Å². The van der Waals surface area contributed by atoms with Crippen molar-refractivity contribution in [1.82, 2.24) is 0 Å². The van der Waals surface area contributed by atoms with Gasteiger partial charge in [-0.15, -0.1) is 0 Å². The number of rotatable bonds is 4. The van der Waals surface area contributed by atoms with Crippen LogP contribution >= 0.6 is 0 Å². The molecule has 1 aliphatic carbocycles. The monoisotopic (exact) mass is 322 g/mol. The summed E-state index contributed by atoms with van der Waals surface area (Å²) in [5, 5.41) is 12.4. The molecule has 124 valence electrons. The number of carbonyl (C=O) groups is 1. The number of amides is 1. The molecule has 1 fully saturated rings. The van der Waals surface area contributed by atoms with Gasteiger partial charge in [0, 0.05) is 24.8 Å². The fraction of sp³-hybridized carbons (Fsp3) is 0.350. The van der Waals surface area contributed by atoms with E-state index < -0.39 is 0 Å². The molecule has 0 unspecified atom stereocenters. The molecule has 0 saturated heterocycles. The van der Waals surface area contributed by atoms with Crippen LogP contribution in [0.15, 0.2) is 48.5 Å². The summed E-state index contributed by atoms with van der Waals surface area (Å²) in [5.74, 6) is 0.0822. The fourth-order valence-electron chi connectivity index (χ4n) is 3.76. The number of aliphatic hydroxyl groups is 1. The van der Waals surface area contributed by atoms with E-state index in [1.54, 1.807) is 0 Å². The van der Waals surface area contributed by atoms with Crippen molar-refractivity contribution in [2.75, 3.05) is 23.4 Å². The quantitative estimate of drug-likeness (QED) is 0.908. The van der Waals surface area contributed by atoms with E-state index in [1.807, 2.05) is 18.2 Å². The van der Waals surface area contributed by atoms with E-state index in [2.05, 4.69) is 40.5 Å². The minimum absolute atomic E-state index is 0.0280. The lowest BCUT2D eigenvalue weighted by atomic mass is 9.73. The highest BCUT2D eigenvalue weighted by atomic mass is 16.3. The molecular weight excluding hydrogens is 300 g/mol. The molecule has 2 aromatic rings. The highest BCUT2D eigenvalue weighted by Gasteiger charge is 2.36. The number of hydrogen-bond donors (Lipinski definition) is 2. The zero-order valence-corrected chi connectivity index (χ0v) is 13.6. The van der Waals surface area contributed by atoms with Crippen molar-refractivity contribution in [2.24, 2.45) is 11.8 Å². The first-order valence-corrected chi connectivity index (χ1v) is 8.64. The lowest BCUT2D eigenvalue weighted by Crippen LogP contribution is -2.38. The maximum atomic E-state index is 12.5. The van der Waals surface area contributed by atoms with E-state index in [0.717, 1.165) is 37.2 Å². The Morgan fingerprint density at radius 1 is 1.08 bits per heavy atom. The largest absolute Gasteiger partial charge is 0.396 e. The maximum Gasteiger partial charge on any atom is 0.227 e. The second-order valence-electron chi connectivity index (χ2n) is 6.66. The van der Waals surface area contributed by atoms with Gasteiger partial charge in [0.2, 0.25) is 5.91 Å². The Balaban J connectivity index is 1.59. The number of fused-ring (bicyclic) bond motifs is 1. The first-order chi connectivity index (χ1) is 11.8. The summed E-state index contributed by atoms with van der Waals surface area (Å²) in [4.78, 5) is 14.8. The molecule has 2 aliphatic rings. The van der Waals surface area contributed by atoms with Crippen LogP contribution in [0.2, 0.25) is 0 Å². The molecule has 24 heavy (non-hydrogen) atoms. The van der Waals surface area contributed by atoms with Crippen molar-refractivity contribution in [3.05, 3.63) is 54.1 Å². The molecule has 0 spiro atoms. The van der Waals surface area contributed by atoms with Crippen molar-refractivity contribution in [3.8, 4) is 0 Å². The predicted octanol–water partition coefficient (Wildman–Crippen LogP) is 3.34. The minimum atomic E-state index is -0.0612. The van der Waals surface area contributed by atoms with E-state index in [4.69, 9.17) is 0 Å². The molecule has 0 aromatic heterocycles. The highest BCUT2D eigenvalue weighted by Crippen LogP contribution is 2.39. The smallest absolute Gasteiger partial charge is 0.227 e. The topological polar surface area (TPSA) is 52.6 Å². The Morgan fingerprint density at radius 3 is 2.58 bits per heavy atom. The molecule has 0 radical (unpaired) electrons. The van der Waals surface area contributed by atoms with Crippen LogP contribution in [0.3, 0.4) is 0 Å². The highest BCUT2D eigenvalue weighted by molar-refractivity contribution is 5.97. The average Bonchev–Trinajstić information content (AvgIpc) is 2.99. The van der Waals surface area contributed by atoms with Crippen molar-refractivity contribution in [3.63, 3.8) is 0 Å². The van der Waals surface area contributed by atoms with Gasteiger partial charge in [0.1, 0.15) is 0 Å². The second kappa shape index (κ2) is 6.29. The van der Waals surface area contributed by atoms with E-state index in [9.17, 15) is 9.90 Å². The number of carbonyl (C=O) groups excluding carboxylic acids is 1. The molecule has 0 bridgehead atoms. The third-order valence-corrected chi connectivity index (χ3v) is 5.33. The van der Waals surface area contributed by atoms with Crippen LogP contribution in [0.25, 0.3) is 0 Å². The van der Waals surface area contributed by atoms with Gasteiger partial charge in [-0.2, -0.15) is 0 Å². The third-order valence-electron chi connectivity index (χ3n) is 5.33. The molecule has 2 N–H and O–H groups in total. The van der Waals surface area contributed by atoms with Gasteiger partial charge < -0.3 is 15.3 Å². The van der Waals surface area contributed by atoms with Crippen LogP contribution < -0.4 is 10.2 Å². The van der Waals surface area contributed by atoms with E-state index in [0.29, 0.717) is 0 Å². The molecule has 1 aliphatic heterocycles. The third kappa shape index (κ3) is 2.57. The summed E-state index contributed by atoms with van der Waals surface area (Å²) in [6.45, 7) is 1.02. The van der Waals surface area contributed by atoms with Crippen molar-refractivity contribution in [1.29, 1.82) is 0 Å².